The highest BCUT2D eigenvalue weighted by molar-refractivity contribution is 14.1. The van der Waals surface area contributed by atoms with Gasteiger partial charge in [-0.05, 0) is 54.5 Å². The lowest BCUT2D eigenvalue weighted by Gasteiger charge is -2.10. The summed E-state index contributed by atoms with van der Waals surface area (Å²) in [6.07, 6.45) is 1.75. The van der Waals surface area contributed by atoms with Crippen LogP contribution in [0.2, 0.25) is 5.15 Å². The maximum absolute atomic E-state index is 6.04. The topological polar surface area (TPSA) is 25.8 Å². The van der Waals surface area contributed by atoms with Crippen LogP contribution in [0.5, 0.6) is 0 Å². The zero-order valence-corrected chi connectivity index (χ0v) is 12.8. The van der Waals surface area contributed by atoms with Crippen molar-refractivity contribution in [2.75, 3.05) is 0 Å². The second-order valence-corrected chi connectivity index (χ2v) is 5.63. The lowest BCUT2D eigenvalue weighted by Crippen LogP contribution is -1.96. The van der Waals surface area contributed by atoms with Crippen LogP contribution in [0.25, 0.3) is 11.4 Å². The van der Waals surface area contributed by atoms with E-state index in [2.05, 4.69) is 65.5 Å². The summed E-state index contributed by atoms with van der Waals surface area (Å²) in [5.41, 5.74) is 4.69. The van der Waals surface area contributed by atoms with E-state index < -0.39 is 0 Å². The van der Waals surface area contributed by atoms with Crippen molar-refractivity contribution in [3.63, 3.8) is 0 Å². The molecule has 0 N–H and O–H groups in total. The molecule has 0 spiro atoms. The normalized spacial score (nSPS) is 10.6. The molecule has 2 aromatic rings. The van der Waals surface area contributed by atoms with Crippen molar-refractivity contribution >= 4 is 34.2 Å². The summed E-state index contributed by atoms with van der Waals surface area (Å²) in [7, 11) is 0. The third-order valence-electron chi connectivity index (χ3n) is 2.60. The second-order valence-electron chi connectivity index (χ2n) is 4.11. The molecule has 1 aromatic carbocycles. The van der Waals surface area contributed by atoms with Crippen LogP contribution in [0.15, 0.2) is 18.3 Å². The Morgan fingerprint density at radius 1 is 1.12 bits per heavy atom. The first kappa shape index (κ1) is 12.8. The molecule has 88 valence electrons. The fraction of sp³-hybridized carbons (Fsp3) is 0.231. The van der Waals surface area contributed by atoms with Crippen molar-refractivity contribution in [2.24, 2.45) is 0 Å². The van der Waals surface area contributed by atoms with Crippen LogP contribution in [-0.4, -0.2) is 9.97 Å². The van der Waals surface area contributed by atoms with Gasteiger partial charge in [0.25, 0.3) is 0 Å². The third kappa shape index (κ3) is 2.60. The van der Waals surface area contributed by atoms with E-state index in [9.17, 15) is 0 Å². The van der Waals surface area contributed by atoms with Crippen LogP contribution in [0.1, 0.15) is 16.7 Å². The van der Waals surface area contributed by atoms with Gasteiger partial charge in [0, 0.05) is 11.8 Å². The summed E-state index contributed by atoms with van der Waals surface area (Å²) in [6, 6.07) is 4.27. The molecule has 4 heteroatoms. The van der Waals surface area contributed by atoms with Gasteiger partial charge in [-0.25, -0.2) is 9.97 Å². The van der Waals surface area contributed by atoms with Gasteiger partial charge in [-0.2, -0.15) is 0 Å². The van der Waals surface area contributed by atoms with Crippen molar-refractivity contribution in [3.8, 4) is 11.4 Å². The SMILES string of the molecule is Cc1cc(C)c(-c2ncc(I)c(Cl)n2)c(C)c1. The minimum atomic E-state index is 0.509. The van der Waals surface area contributed by atoms with Gasteiger partial charge < -0.3 is 0 Å². The molecule has 0 fully saturated rings. The Morgan fingerprint density at radius 2 is 1.71 bits per heavy atom. The summed E-state index contributed by atoms with van der Waals surface area (Å²) in [6.45, 7) is 6.24. The Kier molecular flexibility index (Phi) is 3.68. The van der Waals surface area contributed by atoms with Gasteiger partial charge >= 0.3 is 0 Å². The fourth-order valence-corrected chi connectivity index (χ4v) is 2.39. The Hall–Kier alpha value is -0.680. The first-order valence-electron chi connectivity index (χ1n) is 5.25. The average Bonchev–Trinajstić information content (AvgIpc) is 2.21. The number of halogens is 2. The number of rotatable bonds is 1. The van der Waals surface area contributed by atoms with Crippen molar-refractivity contribution in [2.45, 2.75) is 20.8 Å². The van der Waals surface area contributed by atoms with Gasteiger partial charge in [0.1, 0.15) is 5.15 Å². The molecule has 0 aliphatic rings. The average molecular weight is 359 g/mol. The van der Waals surface area contributed by atoms with Crippen LogP contribution in [0.3, 0.4) is 0 Å². The lowest BCUT2D eigenvalue weighted by atomic mass is 9.99. The zero-order chi connectivity index (χ0) is 12.6. The molecule has 17 heavy (non-hydrogen) atoms. The molecule has 2 nitrogen and oxygen atoms in total. The summed E-state index contributed by atoms with van der Waals surface area (Å²) >= 11 is 8.17. The fourth-order valence-electron chi connectivity index (χ4n) is 2.00. The number of aromatic nitrogens is 2. The molecule has 1 heterocycles. The largest absolute Gasteiger partial charge is 0.235 e. The minimum absolute atomic E-state index is 0.509. The molecule has 0 radical (unpaired) electrons. The Balaban J connectivity index is 2.64. The van der Waals surface area contributed by atoms with Crippen LogP contribution in [0.4, 0.5) is 0 Å². The van der Waals surface area contributed by atoms with Crippen molar-refractivity contribution in [1.29, 1.82) is 0 Å². The van der Waals surface area contributed by atoms with Gasteiger partial charge in [0.15, 0.2) is 5.82 Å². The maximum Gasteiger partial charge on any atom is 0.161 e. The standard InChI is InChI=1S/C13H12ClIN2/c1-7-4-8(2)11(9(3)5-7)13-16-6-10(15)12(14)17-13/h4-6H,1-3H3. The molecular weight excluding hydrogens is 347 g/mol. The molecule has 0 unspecified atom stereocenters. The van der Waals surface area contributed by atoms with E-state index in [1.807, 2.05) is 0 Å². The Labute approximate surface area is 120 Å². The Bertz CT molecular complexity index is 559. The molecule has 1 aromatic heterocycles. The number of hydrogen-bond donors (Lipinski definition) is 0. The van der Waals surface area contributed by atoms with E-state index >= 15 is 0 Å². The summed E-state index contributed by atoms with van der Waals surface area (Å²) in [5.74, 6) is 0.699. The van der Waals surface area contributed by atoms with Crippen molar-refractivity contribution in [3.05, 3.63) is 43.7 Å². The molecule has 0 atom stereocenters. The van der Waals surface area contributed by atoms with Crippen LogP contribution >= 0.6 is 34.2 Å². The highest BCUT2D eigenvalue weighted by atomic mass is 127. The molecule has 0 saturated carbocycles. The lowest BCUT2D eigenvalue weighted by molar-refractivity contribution is 1.14. The molecular formula is C13H12ClIN2. The number of aryl methyl sites for hydroxylation is 3. The minimum Gasteiger partial charge on any atom is -0.235 e. The predicted octanol–water partition coefficient (Wildman–Crippen LogP) is 4.33. The molecule has 2 rings (SSSR count). The highest BCUT2D eigenvalue weighted by Gasteiger charge is 2.11. The van der Waals surface area contributed by atoms with E-state index in [0.717, 1.165) is 9.13 Å². The second kappa shape index (κ2) is 4.90. The first-order chi connectivity index (χ1) is 7.99. The smallest absolute Gasteiger partial charge is 0.161 e. The first-order valence-corrected chi connectivity index (χ1v) is 6.71. The quantitative estimate of drug-likeness (QED) is 0.560. The molecule has 0 bridgehead atoms. The zero-order valence-electron chi connectivity index (χ0n) is 9.88. The molecule has 0 amide bonds. The highest BCUT2D eigenvalue weighted by Crippen LogP contribution is 2.27. The van der Waals surface area contributed by atoms with Crippen molar-refractivity contribution < 1.29 is 0 Å². The number of hydrogen-bond acceptors (Lipinski definition) is 2. The van der Waals surface area contributed by atoms with Gasteiger partial charge in [-0.1, -0.05) is 29.3 Å². The maximum atomic E-state index is 6.04. The summed E-state index contributed by atoms with van der Waals surface area (Å²) < 4.78 is 0.871. The van der Waals surface area contributed by atoms with Gasteiger partial charge in [0.2, 0.25) is 0 Å². The summed E-state index contributed by atoms with van der Waals surface area (Å²) in [5, 5.41) is 0.509. The van der Waals surface area contributed by atoms with Crippen molar-refractivity contribution in [1.82, 2.24) is 9.97 Å². The molecule has 0 saturated heterocycles. The van der Waals surface area contributed by atoms with Crippen LogP contribution in [-0.2, 0) is 0 Å². The van der Waals surface area contributed by atoms with E-state index in [0.29, 0.717) is 11.0 Å². The van der Waals surface area contributed by atoms with Gasteiger partial charge in [-0.15, -0.1) is 0 Å². The van der Waals surface area contributed by atoms with Gasteiger partial charge in [0.05, 0.1) is 3.57 Å². The summed E-state index contributed by atoms with van der Waals surface area (Å²) in [4.78, 5) is 8.70. The van der Waals surface area contributed by atoms with Crippen LogP contribution < -0.4 is 0 Å². The van der Waals surface area contributed by atoms with Gasteiger partial charge in [-0.3, -0.25) is 0 Å². The third-order valence-corrected chi connectivity index (χ3v) is 4.00. The molecule has 0 aliphatic heterocycles. The van der Waals surface area contributed by atoms with E-state index in [-0.39, 0.29) is 0 Å². The van der Waals surface area contributed by atoms with E-state index in [1.54, 1.807) is 6.20 Å². The Morgan fingerprint density at radius 3 is 2.24 bits per heavy atom. The predicted molar refractivity (Wildman–Crippen MR) is 79.4 cm³/mol. The monoisotopic (exact) mass is 358 g/mol. The number of nitrogens with zero attached hydrogens (tertiary/aromatic N) is 2. The van der Waals surface area contributed by atoms with Crippen LogP contribution in [0, 0.1) is 24.3 Å². The number of benzene rings is 1. The van der Waals surface area contributed by atoms with E-state index in [1.165, 1.54) is 16.7 Å². The molecule has 0 aliphatic carbocycles. The van der Waals surface area contributed by atoms with E-state index in [4.69, 9.17) is 11.6 Å².